The van der Waals surface area contributed by atoms with E-state index in [9.17, 15) is 9.59 Å². The Labute approximate surface area is 197 Å². The molecule has 0 aliphatic carbocycles. The first-order valence-corrected chi connectivity index (χ1v) is 11.0. The number of hydrazine groups is 1. The molecule has 1 heterocycles. The molecule has 0 spiro atoms. The van der Waals surface area contributed by atoms with Crippen molar-refractivity contribution in [1.82, 2.24) is 5.43 Å². The second-order valence-corrected chi connectivity index (χ2v) is 9.18. The molecule has 1 fully saturated rings. The summed E-state index contributed by atoms with van der Waals surface area (Å²) < 4.78 is 8.67. The number of hydrogen-bond acceptors (Lipinski definition) is 3. The molecule has 3 rings (SSSR count). The Morgan fingerprint density at radius 2 is 1.78 bits per heavy atom. The first-order valence-electron chi connectivity index (χ1n) is 7.76. The quantitative estimate of drug-likeness (QED) is 0.217. The highest BCUT2D eigenvalue weighted by Crippen LogP contribution is 2.31. The normalized spacial score (nSPS) is 15.2. The van der Waals surface area contributed by atoms with Crippen LogP contribution in [-0.4, -0.2) is 18.4 Å². The minimum atomic E-state index is -0.443. The zero-order chi connectivity index (χ0) is 19.6. The van der Waals surface area contributed by atoms with Gasteiger partial charge in [-0.15, -0.1) is 0 Å². The molecule has 138 valence electrons. The summed E-state index contributed by atoms with van der Waals surface area (Å²) in [5.41, 5.74) is 3.97. The number of nitrogens with zero attached hydrogens (tertiary/aromatic N) is 1. The third kappa shape index (κ3) is 4.65. The van der Waals surface area contributed by atoms with Gasteiger partial charge in [0.25, 0.3) is 11.8 Å². The van der Waals surface area contributed by atoms with E-state index in [1.807, 2.05) is 24.3 Å². The number of carbonyl (C=O) groups is 2. The summed E-state index contributed by atoms with van der Waals surface area (Å²) in [7, 11) is 0. The molecule has 0 atom stereocenters. The molecule has 2 aromatic carbocycles. The van der Waals surface area contributed by atoms with Crippen molar-refractivity contribution in [3.8, 4) is 5.75 Å². The molecule has 8 heteroatoms. The van der Waals surface area contributed by atoms with Crippen molar-refractivity contribution in [1.29, 1.82) is 0 Å². The molecule has 0 radical (unpaired) electrons. The molecule has 2 amide bonds. The summed E-state index contributed by atoms with van der Waals surface area (Å²) in [6, 6.07) is 11.2. The number of hydrogen-bond donors (Lipinski definition) is 1. The monoisotopic (exact) mass is 698 g/mol. The highest BCUT2D eigenvalue weighted by Gasteiger charge is 2.34. The van der Waals surface area contributed by atoms with Crippen LogP contribution in [0.15, 0.2) is 54.6 Å². The number of halogens is 3. The lowest BCUT2D eigenvalue weighted by molar-refractivity contribution is -0.117. The maximum atomic E-state index is 12.8. The zero-order valence-electron chi connectivity index (χ0n) is 13.8. The Kier molecular flexibility index (Phi) is 6.78. The fourth-order valence-corrected chi connectivity index (χ4v) is 4.87. The van der Waals surface area contributed by atoms with Crippen LogP contribution in [0.5, 0.6) is 5.75 Å². The van der Waals surface area contributed by atoms with Crippen LogP contribution in [-0.2, 0) is 9.59 Å². The molecular formula is C19H13I3N2O3. The Hall–Kier alpha value is -1.15. The van der Waals surface area contributed by atoms with Crippen molar-refractivity contribution in [2.75, 3.05) is 11.6 Å². The van der Waals surface area contributed by atoms with Gasteiger partial charge in [0, 0.05) is 12.7 Å². The number of amides is 2. The molecular weight excluding hydrogens is 685 g/mol. The predicted octanol–water partition coefficient (Wildman–Crippen LogP) is 4.53. The third-order valence-corrected chi connectivity index (χ3v) is 5.80. The molecule has 0 unspecified atom stereocenters. The van der Waals surface area contributed by atoms with Gasteiger partial charge in [-0.3, -0.25) is 15.0 Å². The minimum Gasteiger partial charge on any atom is -0.488 e. The zero-order valence-corrected chi connectivity index (χ0v) is 20.3. The van der Waals surface area contributed by atoms with E-state index in [0.717, 1.165) is 10.7 Å². The van der Waals surface area contributed by atoms with Crippen LogP contribution in [0.1, 0.15) is 5.56 Å². The average molecular weight is 698 g/mol. The molecule has 0 aromatic heterocycles. The summed E-state index contributed by atoms with van der Waals surface area (Å²) in [5, 5.41) is 1.26. The van der Waals surface area contributed by atoms with Crippen LogP contribution in [0.2, 0.25) is 0 Å². The van der Waals surface area contributed by atoms with Crippen LogP contribution in [0.25, 0.3) is 6.08 Å². The first kappa shape index (κ1) is 20.6. The van der Waals surface area contributed by atoms with Crippen molar-refractivity contribution in [3.63, 3.8) is 0 Å². The Balaban J connectivity index is 1.99. The summed E-state index contributed by atoms with van der Waals surface area (Å²) in [6.45, 7) is 3.99. The number of benzene rings is 2. The van der Waals surface area contributed by atoms with E-state index in [4.69, 9.17) is 4.74 Å². The molecule has 27 heavy (non-hydrogen) atoms. The number of ether oxygens (including phenoxy) is 1. The summed E-state index contributed by atoms with van der Waals surface area (Å²) in [5.74, 6) is -0.219. The molecule has 1 N–H and O–H groups in total. The second-order valence-electron chi connectivity index (χ2n) is 5.52. The van der Waals surface area contributed by atoms with E-state index < -0.39 is 11.8 Å². The molecule has 0 saturated carbocycles. The molecule has 2 aromatic rings. The van der Waals surface area contributed by atoms with Crippen molar-refractivity contribution in [2.24, 2.45) is 0 Å². The van der Waals surface area contributed by atoms with E-state index in [-0.39, 0.29) is 5.57 Å². The van der Waals surface area contributed by atoms with E-state index in [1.165, 1.54) is 5.01 Å². The lowest BCUT2D eigenvalue weighted by Crippen LogP contribution is -2.35. The fraction of sp³-hybridized carbons (Fsp3) is 0.0526. The predicted molar refractivity (Wildman–Crippen MR) is 130 cm³/mol. The Morgan fingerprint density at radius 3 is 2.44 bits per heavy atom. The summed E-state index contributed by atoms with van der Waals surface area (Å²) >= 11 is 6.55. The summed E-state index contributed by atoms with van der Waals surface area (Å²) in [4.78, 5) is 25.2. The molecule has 5 nitrogen and oxygen atoms in total. The van der Waals surface area contributed by atoms with Crippen LogP contribution in [0, 0.1) is 10.7 Å². The second kappa shape index (κ2) is 8.90. The van der Waals surface area contributed by atoms with Crippen molar-refractivity contribution >= 4 is 91.4 Å². The maximum Gasteiger partial charge on any atom is 0.282 e. The van der Waals surface area contributed by atoms with Crippen molar-refractivity contribution < 1.29 is 14.3 Å². The minimum absolute atomic E-state index is 0.0646. The fourth-order valence-electron chi connectivity index (χ4n) is 2.47. The van der Waals surface area contributed by atoms with Crippen LogP contribution >= 0.6 is 67.8 Å². The van der Waals surface area contributed by atoms with Gasteiger partial charge in [0.2, 0.25) is 0 Å². The van der Waals surface area contributed by atoms with Gasteiger partial charge in [-0.1, -0.05) is 12.7 Å². The lowest BCUT2D eigenvalue weighted by Gasteiger charge is -2.14. The van der Waals surface area contributed by atoms with Gasteiger partial charge in [0.05, 0.1) is 9.26 Å². The van der Waals surface area contributed by atoms with Gasteiger partial charge < -0.3 is 4.74 Å². The topological polar surface area (TPSA) is 58.6 Å². The van der Waals surface area contributed by atoms with Gasteiger partial charge in [-0.05, 0) is 110 Å². The SMILES string of the molecule is C=CCOc1c(I)cc(I)cc1/C=C1/C(=O)NN(c2ccc(I)cc2)C1=O. The molecule has 0 bridgehead atoms. The highest BCUT2D eigenvalue weighted by molar-refractivity contribution is 14.1. The number of nitrogens with one attached hydrogen (secondary N) is 1. The Bertz CT molecular complexity index is 955. The average Bonchev–Trinajstić information content (AvgIpc) is 2.90. The number of rotatable bonds is 5. The third-order valence-electron chi connectivity index (χ3n) is 3.66. The van der Waals surface area contributed by atoms with Gasteiger partial charge in [0.15, 0.2) is 0 Å². The van der Waals surface area contributed by atoms with E-state index in [2.05, 4.69) is 79.8 Å². The number of anilines is 1. The molecule has 1 saturated heterocycles. The number of carbonyl (C=O) groups excluding carboxylic acids is 2. The van der Waals surface area contributed by atoms with E-state index >= 15 is 0 Å². The molecule has 1 aliphatic heterocycles. The van der Waals surface area contributed by atoms with Gasteiger partial charge in [-0.25, -0.2) is 5.01 Å². The van der Waals surface area contributed by atoms with Gasteiger partial charge in [0.1, 0.15) is 17.9 Å². The van der Waals surface area contributed by atoms with E-state index in [1.54, 1.807) is 24.3 Å². The highest BCUT2D eigenvalue weighted by atomic mass is 127. The Morgan fingerprint density at radius 1 is 1.07 bits per heavy atom. The van der Waals surface area contributed by atoms with Crippen molar-refractivity contribution in [2.45, 2.75) is 0 Å². The van der Waals surface area contributed by atoms with Crippen LogP contribution in [0.4, 0.5) is 5.69 Å². The maximum absolute atomic E-state index is 12.8. The first-order chi connectivity index (χ1) is 12.9. The molecule has 1 aliphatic rings. The van der Waals surface area contributed by atoms with Crippen molar-refractivity contribution in [3.05, 3.63) is 70.9 Å². The van der Waals surface area contributed by atoms with Crippen LogP contribution < -0.4 is 15.2 Å². The lowest BCUT2D eigenvalue weighted by atomic mass is 10.1. The largest absolute Gasteiger partial charge is 0.488 e. The smallest absolute Gasteiger partial charge is 0.282 e. The van der Waals surface area contributed by atoms with Crippen LogP contribution in [0.3, 0.4) is 0 Å². The standard InChI is InChI=1S/C19H13I3N2O3/c1-2-7-27-17-11(8-13(21)10-16(17)22)9-15-18(25)23-24(19(15)26)14-5-3-12(20)4-6-14/h2-6,8-10H,1,7H2,(H,23,25)/b15-9-. The summed E-state index contributed by atoms with van der Waals surface area (Å²) in [6.07, 6.45) is 3.23. The van der Waals surface area contributed by atoms with Gasteiger partial charge >= 0.3 is 0 Å². The van der Waals surface area contributed by atoms with Gasteiger partial charge in [-0.2, -0.15) is 0 Å². The van der Waals surface area contributed by atoms with E-state index in [0.29, 0.717) is 23.6 Å².